The van der Waals surface area contributed by atoms with E-state index in [-0.39, 0.29) is 12.1 Å². The van der Waals surface area contributed by atoms with E-state index in [0.29, 0.717) is 12.3 Å². The van der Waals surface area contributed by atoms with Gasteiger partial charge in [-0.05, 0) is 51.5 Å². The van der Waals surface area contributed by atoms with E-state index in [2.05, 4.69) is 26.1 Å². The van der Waals surface area contributed by atoms with Crippen LogP contribution in [0.2, 0.25) is 0 Å². The summed E-state index contributed by atoms with van der Waals surface area (Å²) in [5, 5.41) is 3.43. The highest BCUT2D eigenvalue weighted by Crippen LogP contribution is 2.29. The molecular formula is C20H27NO4S. The molecule has 1 N–H and O–H groups in total. The molecule has 2 aromatic rings. The highest BCUT2D eigenvalue weighted by molar-refractivity contribution is 7.85. The molecule has 0 fully saturated rings. The van der Waals surface area contributed by atoms with Crippen molar-refractivity contribution in [2.24, 2.45) is 0 Å². The standard InChI is InChI=1S/C20H27NO4S/c1-15-9-11-17(12-10-15)25-19-8-6-7-16(14-24-26(5,22)23)18(19)13-21-20(2,3)4/h6-12,21H,13-14H2,1-5H3. The predicted molar refractivity (Wildman–Crippen MR) is 104 cm³/mol. The predicted octanol–water partition coefficient (Wildman–Crippen LogP) is 4.15. The van der Waals surface area contributed by atoms with Gasteiger partial charge in [0.1, 0.15) is 11.5 Å². The lowest BCUT2D eigenvalue weighted by Gasteiger charge is -2.23. The Morgan fingerprint density at radius 3 is 2.27 bits per heavy atom. The van der Waals surface area contributed by atoms with Gasteiger partial charge in [-0.1, -0.05) is 29.8 Å². The van der Waals surface area contributed by atoms with Gasteiger partial charge >= 0.3 is 0 Å². The second-order valence-electron chi connectivity index (χ2n) is 7.38. The molecule has 0 aliphatic carbocycles. The first-order valence-corrected chi connectivity index (χ1v) is 10.3. The van der Waals surface area contributed by atoms with Crippen LogP contribution in [-0.2, 0) is 27.5 Å². The molecule has 0 saturated heterocycles. The van der Waals surface area contributed by atoms with Crippen molar-refractivity contribution in [1.29, 1.82) is 0 Å². The van der Waals surface area contributed by atoms with Gasteiger partial charge in [-0.25, -0.2) is 0 Å². The largest absolute Gasteiger partial charge is 0.457 e. The molecule has 0 atom stereocenters. The highest BCUT2D eigenvalue weighted by Gasteiger charge is 2.16. The normalized spacial score (nSPS) is 12.2. The van der Waals surface area contributed by atoms with Gasteiger partial charge in [0.25, 0.3) is 10.1 Å². The molecule has 6 heteroatoms. The van der Waals surface area contributed by atoms with Crippen LogP contribution in [0, 0.1) is 6.92 Å². The van der Waals surface area contributed by atoms with E-state index >= 15 is 0 Å². The Hall–Kier alpha value is -1.89. The third kappa shape index (κ3) is 6.78. The van der Waals surface area contributed by atoms with Crippen LogP contribution in [-0.4, -0.2) is 20.2 Å². The Kier molecular flexibility index (Phi) is 6.44. The lowest BCUT2D eigenvalue weighted by atomic mass is 10.0. The number of hydrogen-bond acceptors (Lipinski definition) is 5. The summed E-state index contributed by atoms with van der Waals surface area (Å²) in [5.74, 6) is 1.41. The van der Waals surface area contributed by atoms with Gasteiger partial charge in [0.2, 0.25) is 0 Å². The molecule has 0 unspecified atom stereocenters. The van der Waals surface area contributed by atoms with E-state index in [1.165, 1.54) is 0 Å². The third-order valence-corrected chi connectivity index (χ3v) is 4.25. The molecule has 5 nitrogen and oxygen atoms in total. The maximum atomic E-state index is 11.4. The second-order valence-corrected chi connectivity index (χ2v) is 9.02. The lowest BCUT2D eigenvalue weighted by Crippen LogP contribution is -2.35. The zero-order chi connectivity index (χ0) is 19.4. The molecule has 2 aromatic carbocycles. The average Bonchev–Trinajstić information content (AvgIpc) is 2.52. The van der Waals surface area contributed by atoms with Crippen LogP contribution in [0.4, 0.5) is 0 Å². The van der Waals surface area contributed by atoms with Crippen LogP contribution in [0.25, 0.3) is 0 Å². The topological polar surface area (TPSA) is 64.6 Å². The minimum absolute atomic E-state index is 0.0227. The summed E-state index contributed by atoms with van der Waals surface area (Å²) < 4.78 is 33.8. The smallest absolute Gasteiger partial charge is 0.264 e. The Labute approximate surface area is 156 Å². The molecule has 0 saturated carbocycles. The number of hydrogen-bond donors (Lipinski definition) is 1. The zero-order valence-corrected chi connectivity index (χ0v) is 16.8. The summed E-state index contributed by atoms with van der Waals surface area (Å²) in [7, 11) is -3.52. The molecule has 0 amide bonds. The van der Waals surface area contributed by atoms with Crippen LogP contribution in [0.3, 0.4) is 0 Å². The fourth-order valence-electron chi connectivity index (χ4n) is 2.30. The number of benzene rings is 2. The molecule has 0 heterocycles. The molecule has 142 valence electrons. The van der Waals surface area contributed by atoms with E-state index in [0.717, 1.165) is 28.7 Å². The zero-order valence-electron chi connectivity index (χ0n) is 16.0. The third-order valence-electron chi connectivity index (χ3n) is 3.70. The summed E-state index contributed by atoms with van der Waals surface area (Å²) in [6.45, 7) is 8.75. The first-order valence-electron chi connectivity index (χ1n) is 8.48. The molecule has 0 radical (unpaired) electrons. The van der Waals surface area contributed by atoms with Gasteiger partial charge < -0.3 is 10.1 Å². The first-order chi connectivity index (χ1) is 12.0. The average molecular weight is 378 g/mol. The van der Waals surface area contributed by atoms with Crippen LogP contribution in [0.1, 0.15) is 37.5 Å². The number of ether oxygens (including phenoxy) is 1. The summed E-state index contributed by atoms with van der Waals surface area (Å²) in [4.78, 5) is 0. The monoisotopic (exact) mass is 377 g/mol. The highest BCUT2D eigenvalue weighted by atomic mass is 32.2. The summed E-state index contributed by atoms with van der Waals surface area (Å²) in [5.41, 5.74) is 2.72. The van der Waals surface area contributed by atoms with Gasteiger partial charge in [-0.3, -0.25) is 4.18 Å². The number of rotatable bonds is 7. The fourth-order valence-corrected chi connectivity index (χ4v) is 2.64. The van der Waals surface area contributed by atoms with Crippen LogP contribution in [0.15, 0.2) is 42.5 Å². The van der Waals surface area contributed by atoms with Crippen LogP contribution < -0.4 is 10.1 Å². The van der Waals surface area contributed by atoms with Gasteiger partial charge in [-0.2, -0.15) is 8.42 Å². The van der Waals surface area contributed by atoms with Crippen molar-refractivity contribution in [2.45, 2.75) is 46.4 Å². The Morgan fingerprint density at radius 1 is 1.04 bits per heavy atom. The van der Waals surface area contributed by atoms with Gasteiger partial charge in [-0.15, -0.1) is 0 Å². The van der Waals surface area contributed by atoms with Crippen molar-refractivity contribution in [3.8, 4) is 11.5 Å². The Bertz CT molecular complexity index is 837. The van der Waals surface area contributed by atoms with Gasteiger partial charge in [0.05, 0.1) is 12.9 Å². The molecule has 2 rings (SSSR count). The summed E-state index contributed by atoms with van der Waals surface area (Å²) >= 11 is 0. The van der Waals surface area contributed by atoms with Gasteiger partial charge in [0.15, 0.2) is 0 Å². The molecule has 0 aliphatic rings. The van der Waals surface area contributed by atoms with E-state index in [1.54, 1.807) is 0 Å². The number of nitrogens with one attached hydrogen (secondary N) is 1. The molecule has 0 aliphatic heterocycles. The van der Waals surface area contributed by atoms with Crippen molar-refractivity contribution in [2.75, 3.05) is 6.26 Å². The minimum atomic E-state index is -3.52. The van der Waals surface area contributed by atoms with E-state index in [4.69, 9.17) is 8.92 Å². The van der Waals surface area contributed by atoms with E-state index in [1.807, 2.05) is 49.4 Å². The van der Waals surface area contributed by atoms with Gasteiger partial charge in [0, 0.05) is 17.6 Å². The molecule has 26 heavy (non-hydrogen) atoms. The summed E-state index contributed by atoms with van der Waals surface area (Å²) in [6, 6.07) is 13.4. The maximum absolute atomic E-state index is 11.4. The molecule has 0 spiro atoms. The van der Waals surface area contributed by atoms with Crippen molar-refractivity contribution < 1.29 is 17.3 Å². The SMILES string of the molecule is Cc1ccc(Oc2cccc(COS(C)(=O)=O)c2CNC(C)(C)C)cc1. The molecule has 0 bridgehead atoms. The van der Waals surface area contributed by atoms with Crippen molar-refractivity contribution in [1.82, 2.24) is 5.32 Å². The van der Waals surface area contributed by atoms with Crippen molar-refractivity contribution >= 4 is 10.1 Å². The van der Waals surface area contributed by atoms with Crippen LogP contribution >= 0.6 is 0 Å². The van der Waals surface area contributed by atoms with E-state index in [9.17, 15) is 8.42 Å². The Morgan fingerprint density at radius 2 is 1.69 bits per heavy atom. The first kappa shape index (κ1) is 20.4. The van der Waals surface area contributed by atoms with E-state index < -0.39 is 10.1 Å². The summed E-state index contributed by atoms with van der Waals surface area (Å²) in [6.07, 6.45) is 1.05. The molecule has 0 aromatic heterocycles. The Balaban J connectivity index is 2.33. The quantitative estimate of drug-likeness (QED) is 0.734. The fraction of sp³-hybridized carbons (Fsp3) is 0.400. The molecular weight excluding hydrogens is 350 g/mol. The number of aryl methyl sites for hydroxylation is 1. The maximum Gasteiger partial charge on any atom is 0.264 e. The van der Waals surface area contributed by atoms with Crippen molar-refractivity contribution in [3.63, 3.8) is 0 Å². The minimum Gasteiger partial charge on any atom is -0.457 e. The second kappa shape index (κ2) is 8.20. The van der Waals surface area contributed by atoms with Crippen molar-refractivity contribution in [3.05, 3.63) is 59.2 Å². The lowest BCUT2D eigenvalue weighted by molar-refractivity contribution is 0.308. The van der Waals surface area contributed by atoms with Crippen LogP contribution in [0.5, 0.6) is 11.5 Å².